The fourth-order valence-corrected chi connectivity index (χ4v) is 8.58. The van der Waals surface area contributed by atoms with Crippen LogP contribution in [-0.4, -0.2) is 97.7 Å². The van der Waals surface area contributed by atoms with E-state index in [-0.39, 0.29) is 19.0 Å². The smallest absolute Gasteiger partial charge is 0.386 e. The predicted octanol–water partition coefficient (Wildman–Crippen LogP) is 6.24. The molecule has 1 aliphatic carbocycles. The molecule has 1 saturated heterocycles. The topological polar surface area (TPSA) is 232 Å². The third-order valence-corrected chi connectivity index (χ3v) is 11.8. The number of aliphatic imine (C=N–C) groups is 1. The summed E-state index contributed by atoms with van der Waals surface area (Å²) >= 11 is 0. The molecule has 0 bridgehead atoms. The van der Waals surface area contributed by atoms with Crippen LogP contribution in [0, 0.1) is 11.3 Å². The number of pyridine rings is 1. The van der Waals surface area contributed by atoms with Crippen molar-refractivity contribution < 1.29 is 38.2 Å². The molecule has 3 aromatic heterocycles. The maximum atomic E-state index is 13.2. The largest absolute Gasteiger partial charge is 0.472 e. The third-order valence-electron chi connectivity index (χ3n) is 10.8. The Labute approximate surface area is 335 Å². The molecule has 2 unspecified atom stereocenters. The van der Waals surface area contributed by atoms with Crippen molar-refractivity contribution in [1.82, 2.24) is 19.6 Å². The number of aromatic nitrogens is 4. The second-order valence-corrected chi connectivity index (χ2v) is 16.6. The van der Waals surface area contributed by atoms with E-state index in [2.05, 4.69) is 32.3 Å². The Morgan fingerprint density at radius 3 is 2.23 bits per heavy atom. The van der Waals surface area contributed by atoms with Gasteiger partial charge in [-0.2, -0.15) is 10.4 Å². The van der Waals surface area contributed by atoms with E-state index in [0.29, 0.717) is 29.2 Å². The molecule has 3 aromatic rings. The van der Waals surface area contributed by atoms with E-state index in [1.54, 1.807) is 24.3 Å². The van der Waals surface area contributed by atoms with Gasteiger partial charge in [-0.3, -0.25) is 14.0 Å². The van der Waals surface area contributed by atoms with E-state index >= 15 is 0 Å². The van der Waals surface area contributed by atoms with E-state index in [4.69, 9.17) is 29.5 Å². The highest BCUT2D eigenvalue weighted by Gasteiger charge is 2.83. The number of nitrogens with zero attached hydrogens (tertiary/aromatic N) is 6. The Kier molecular flexibility index (Phi) is 16.8. The van der Waals surface area contributed by atoms with Crippen molar-refractivity contribution in [3.63, 3.8) is 0 Å². The van der Waals surface area contributed by atoms with Gasteiger partial charge in [-0.05, 0) is 30.7 Å². The monoisotopic (exact) mass is 812 g/mol. The number of unbranched alkanes of at least 4 members (excludes halogenated alkanes) is 15. The summed E-state index contributed by atoms with van der Waals surface area (Å²) in [6.07, 6.45) is 20.2. The summed E-state index contributed by atoms with van der Waals surface area (Å²) in [6.45, 7) is 2.58. The van der Waals surface area contributed by atoms with Gasteiger partial charge in [-0.15, -0.1) is 0 Å². The van der Waals surface area contributed by atoms with Crippen molar-refractivity contribution >= 4 is 31.2 Å². The predicted molar refractivity (Wildman–Crippen MR) is 217 cm³/mol. The van der Waals surface area contributed by atoms with Crippen LogP contribution in [0.25, 0.3) is 5.52 Å². The van der Waals surface area contributed by atoms with Gasteiger partial charge in [0.05, 0.1) is 30.5 Å². The minimum atomic E-state index is -4.81. The summed E-state index contributed by atoms with van der Waals surface area (Å²) in [6, 6.07) is 7.89. The standard InChI is InChI=1S/C40H61N8O8P/c1-3-4-5-6-7-8-9-10-11-12-13-14-15-16-17-18-23-53-26-31(47-34-22-19-30(24-41)25-44-34)27-54-57(51,52)56-36-35-40(36,50)38(49)39(55-35,28-43-2)33-21-20-32-37(42)45-29-46-48(32)33/h19-22,25,28-29,31,35-36,38,49-50H,3-18,23,26-27H2,1-2H3,(H,44,47)(H,51,52)(H2,42,45,46)/t31-,35-,36?,38+,39+,40+/m1/s1. The molecule has 0 aromatic carbocycles. The number of ether oxygens (including phenoxy) is 2. The number of nitrogens with two attached hydrogens (primary N) is 1. The zero-order chi connectivity index (χ0) is 40.7. The Hall–Kier alpha value is -3.52. The molecule has 57 heavy (non-hydrogen) atoms. The van der Waals surface area contributed by atoms with Gasteiger partial charge in [-0.1, -0.05) is 103 Å². The Morgan fingerprint density at radius 1 is 1.02 bits per heavy atom. The second kappa shape index (κ2) is 21.5. The molecule has 2 fully saturated rings. The van der Waals surface area contributed by atoms with Gasteiger partial charge in [0.15, 0.2) is 17.0 Å². The SMILES string of the molecule is CCCCCCCCCCCCCCCCCCOC[C@H](COP(=O)(O)OC1[C@H]2O[C@@](C=NC)(c3ccc4c(N)ncnn34)[C@H](O)[C@@]12O)Nc1ccc(C#N)cn1. The molecule has 314 valence electrons. The van der Waals surface area contributed by atoms with Crippen molar-refractivity contribution in [2.45, 2.75) is 145 Å². The van der Waals surface area contributed by atoms with Gasteiger partial charge in [0.1, 0.15) is 42.0 Å². The van der Waals surface area contributed by atoms with Gasteiger partial charge in [0.25, 0.3) is 0 Å². The van der Waals surface area contributed by atoms with Crippen LogP contribution in [0.5, 0.6) is 0 Å². The van der Waals surface area contributed by atoms with Gasteiger partial charge >= 0.3 is 7.82 Å². The highest BCUT2D eigenvalue weighted by atomic mass is 31.2. The van der Waals surface area contributed by atoms with Crippen LogP contribution in [0.4, 0.5) is 11.6 Å². The summed E-state index contributed by atoms with van der Waals surface area (Å²) in [7, 11) is -3.32. The molecule has 6 N–H and O–H groups in total. The quantitative estimate of drug-likeness (QED) is 0.0311. The zero-order valence-electron chi connectivity index (χ0n) is 33.4. The lowest BCUT2D eigenvalue weighted by molar-refractivity contribution is -0.0966. The van der Waals surface area contributed by atoms with Gasteiger partial charge in [0, 0.05) is 26.1 Å². The molecule has 0 spiro atoms. The highest BCUT2D eigenvalue weighted by molar-refractivity contribution is 7.47. The first-order chi connectivity index (χ1) is 27.6. The molecule has 0 amide bonds. The number of nitriles is 1. The lowest BCUT2D eigenvalue weighted by Gasteiger charge is -2.32. The van der Waals surface area contributed by atoms with Crippen LogP contribution < -0.4 is 11.1 Å². The lowest BCUT2D eigenvalue weighted by atomic mass is 9.90. The minimum Gasteiger partial charge on any atom is -0.386 e. The molecule has 1 aliphatic heterocycles. The van der Waals surface area contributed by atoms with Crippen LogP contribution in [0.15, 0.2) is 41.8 Å². The second-order valence-electron chi connectivity index (χ2n) is 15.2. The Morgan fingerprint density at radius 2 is 1.67 bits per heavy atom. The fraction of sp³-hybridized carbons (Fsp3) is 0.675. The zero-order valence-corrected chi connectivity index (χ0v) is 34.3. The number of fused-ring (bicyclic) bond motifs is 2. The number of aliphatic hydroxyl groups is 2. The van der Waals surface area contributed by atoms with Crippen LogP contribution in [0.1, 0.15) is 121 Å². The van der Waals surface area contributed by atoms with Crippen molar-refractivity contribution in [1.29, 1.82) is 5.26 Å². The number of aliphatic hydroxyl groups excluding tert-OH is 1. The lowest BCUT2D eigenvalue weighted by Crippen LogP contribution is -2.49. The molecule has 0 radical (unpaired) electrons. The summed E-state index contributed by atoms with van der Waals surface area (Å²) in [5.74, 6) is 0.618. The van der Waals surface area contributed by atoms with Crippen LogP contribution >= 0.6 is 7.82 Å². The van der Waals surface area contributed by atoms with Crippen molar-refractivity contribution in [3.8, 4) is 6.07 Å². The molecule has 1 saturated carbocycles. The van der Waals surface area contributed by atoms with E-state index in [0.717, 1.165) is 19.3 Å². The van der Waals surface area contributed by atoms with E-state index in [1.165, 1.54) is 114 Å². The van der Waals surface area contributed by atoms with E-state index in [1.807, 2.05) is 6.07 Å². The van der Waals surface area contributed by atoms with Gasteiger partial charge < -0.3 is 35.6 Å². The number of nitrogen functional groups attached to an aromatic ring is 1. The Bertz CT molecular complexity index is 1810. The summed E-state index contributed by atoms with van der Waals surface area (Å²) < 4.78 is 37.5. The maximum Gasteiger partial charge on any atom is 0.472 e. The van der Waals surface area contributed by atoms with Crippen LogP contribution in [0.2, 0.25) is 0 Å². The molecule has 16 nitrogen and oxygen atoms in total. The number of hydrogen-bond donors (Lipinski definition) is 5. The number of rotatable bonds is 28. The number of phosphoric ester groups is 1. The summed E-state index contributed by atoms with van der Waals surface area (Å²) in [5, 5.41) is 39.5. The first kappa shape index (κ1) is 44.6. The number of nitrogens with one attached hydrogen (secondary N) is 1. The number of anilines is 2. The Balaban J connectivity index is 1.04. The summed E-state index contributed by atoms with van der Waals surface area (Å²) in [5.41, 5.74) is 3.41. The van der Waals surface area contributed by atoms with Gasteiger partial charge in [-0.25, -0.2) is 19.0 Å². The maximum absolute atomic E-state index is 13.2. The molecule has 7 atom stereocenters. The van der Waals surface area contributed by atoms with Gasteiger partial charge in [0.2, 0.25) is 0 Å². The highest BCUT2D eigenvalue weighted by Crippen LogP contribution is 2.63. The minimum absolute atomic E-state index is 0.135. The fourth-order valence-electron chi connectivity index (χ4n) is 7.59. The molecule has 5 rings (SSSR count). The molecular formula is C40H61N8O8P. The molecule has 2 aliphatic rings. The number of phosphoric acid groups is 1. The third kappa shape index (κ3) is 11.6. The van der Waals surface area contributed by atoms with Crippen LogP contribution in [0.3, 0.4) is 0 Å². The van der Waals surface area contributed by atoms with Crippen molar-refractivity contribution in [2.24, 2.45) is 4.99 Å². The normalized spacial score (nSPS) is 24.4. The summed E-state index contributed by atoms with van der Waals surface area (Å²) in [4.78, 5) is 23.0. The average molecular weight is 813 g/mol. The first-order valence-electron chi connectivity index (χ1n) is 20.6. The average Bonchev–Trinajstić information content (AvgIpc) is 3.44. The first-order valence-corrected chi connectivity index (χ1v) is 22.1. The van der Waals surface area contributed by atoms with Crippen molar-refractivity contribution in [2.75, 3.05) is 37.9 Å². The van der Waals surface area contributed by atoms with E-state index in [9.17, 15) is 19.7 Å². The number of hydrogen-bond acceptors (Lipinski definition) is 14. The molecule has 4 heterocycles. The molecular weight excluding hydrogens is 751 g/mol. The molecule has 17 heteroatoms. The van der Waals surface area contributed by atoms with Crippen molar-refractivity contribution in [3.05, 3.63) is 48.0 Å². The van der Waals surface area contributed by atoms with Crippen LogP contribution in [-0.2, 0) is 28.7 Å². The van der Waals surface area contributed by atoms with E-state index < -0.39 is 43.4 Å².